The molecule has 1 saturated heterocycles. The van der Waals surface area contributed by atoms with Crippen LogP contribution in [0.2, 0.25) is 0 Å². The first kappa shape index (κ1) is 20.5. The topological polar surface area (TPSA) is 111 Å². The number of methoxy groups -OCH3 is 1. The summed E-state index contributed by atoms with van der Waals surface area (Å²) in [5.41, 5.74) is -0.888. The number of ether oxygens (including phenoxy) is 2. The van der Waals surface area contributed by atoms with Gasteiger partial charge >= 0.3 is 6.09 Å². The summed E-state index contributed by atoms with van der Waals surface area (Å²) in [6, 6.07) is 3.86. The maximum atomic E-state index is 12.5. The van der Waals surface area contributed by atoms with Crippen LogP contribution in [0.1, 0.15) is 44.0 Å². The molecule has 1 aliphatic heterocycles. The van der Waals surface area contributed by atoms with Crippen molar-refractivity contribution >= 4 is 17.7 Å². The highest BCUT2D eigenvalue weighted by molar-refractivity contribution is 5.98. The summed E-state index contributed by atoms with van der Waals surface area (Å²) >= 11 is 0. The van der Waals surface area contributed by atoms with Gasteiger partial charge in [0.25, 0.3) is 11.6 Å². The Balaban J connectivity index is 1.98. The molecule has 1 N–H and O–H groups in total. The van der Waals surface area contributed by atoms with Crippen molar-refractivity contribution in [3.05, 3.63) is 33.9 Å². The number of nitrogens with zero attached hydrogens (tertiary/aromatic N) is 2. The second kappa shape index (κ2) is 8.24. The van der Waals surface area contributed by atoms with E-state index in [0.717, 1.165) is 0 Å². The average molecular weight is 379 g/mol. The molecule has 2 amide bonds. The lowest BCUT2D eigenvalue weighted by Gasteiger charge is -2.33. The third kappa shape index (κ3) is 5.57. The molecule has 0 bridgehead atoms. The summed E-state index contributed by atoms with van der Waals surface area (Å²) in [6.45, 7) is 6.30. The number of likely N-dealkylation sites (tertiary alicyclic amines) is 1. The van der Waals surface area contributed by atoms with E-state index in [9.17, 15) is 19.7 Å². The second-order valence-corrected chi connectivity index (χ2v) is 7.36. The fraction of sp³-hybridized carbons (Fsp3) is 0.556. The summed E-state index contributed by atoms with van der Waals surface area (Å²) in [5, 5.41) is 14.0. The third-order valence-corrected chi connectivity index (χ3v) is 4.13. The second-order valence-electron chi connectivity index (χ2n) is 7.36. The average Bonchev–Trinajstić information content (AvgIpc) is 2.60. The molecule has 1 fully saturated rings. The minimum atomic E-state index is -0.598. The molecule has 0 atom stereocenters. The van der Waals surface area contributed by atoms with E-state index in [1.165, 1.54) is 25.3 Å². The Morgan fingerprint density at radius 2 is 1.89 bits per heavy atom. The fourth-order valence-corrected chi connectivity index (χ4v) is 2.78. The Hall–Kier alpha value is -2.84. The molecule has 9 nitrogen and oxygen atoms in total. The number of hydrogen-bond donors (Lipinski definition) is 1. The number of nitro benzene ring substituents is 1. The molecule has 0 spiro atoms. The van der Waals surface area contributed by atoms with Crippen LogP contribution < -0.4 is 10.1 Å². The van der Waals surface area contributed by atoms with Gasteiger partial charge in [0.05, 0.1) is 12.0 Å². The Kier molecular flexibility index (Phi) is 6.24. The fourth-order valence-electron chi connectivity index (χ4n) is 2.78. The molecule has 9 heteroatoms. The summed E-state index contributed by atoms with van der Waals surface area (Å²) in [5.74, 6) is -0.165. The molecule has 27 heavy (non-hydrogen) atoms. The molecular formula is C18H25N3O6. The predicted octanol–water partition coefficient (Wildman–Crippen LogP) is 2.73. The zero-order chi connectivity index (χ0) is 20.2. The van der Waals surface area contributed by atoms with Crippen LogP contribution in [-0.2, 0) is 4.74 Å². The van der Waals surface area contributed by atoms with Crippen molar-refractivity contribution in [1.82, 2.24) is 10.2 Å². The number of piperidine rings is 1. The van der Waals surface area contributed by atoms with E-state index in [1.807, 2.05) is 0 Å². The Labute approximate surface area is 157 Å². The van der Waals surface area contributed by atoms with Gasteiger partial charge in [0, 0.05) is 25.2 Å². The van der Waals surface area contributed by atoms with Gasteiger partial charge in [-0.05, 0) is 45.7 Å². The van der Waals surface area contributed by atoms with Crippen LogP contribution in [0.3, 0.4) is 0 Å². The molecule has 0 aliphatic carbocycles. The molecule has 0 saturated carbocycles. The van der Waals surface area contributed by atoms with Crippen molar-refractivity contribution in [2.75, 3.05) is 20.2 Å². The number of nitrogens with one attached hydrogen (secondary N) is 1. The van der Waals surface area contributed by atoms with Crippen LogP contribution in [0.25, 0.3) is 0 Å². The Bertz CT molecular complexity index is 720. The quantitative estimate of drug-likeness (QED) is 0.636. The van der Waals surface area contributed by atoms with Gasteiger partial charge in [-0.2, -0.15) is 0 Å². The zero-order valence-electron chi connectivity index (χ0n) is 16.0. The van der Waals surface area contributed by atoms with Gasteiger partial charge < -0.3 is 19.7 Å². The smallest absolute Gasteiger partial charge is 0.410 e. The van der Waals surface area contributed by atoms with Gasteiger partial charge in [0.1, 0.15) is 16.9 Å². The van der Waals surface area contributed by atoms with Crippen molar-refractivity contribution < 1.29 is 24.0 Å². The lowest BCUT2D eigenvalue weighted by Crippen LogP contribution is -2.47. The monoisotopic (exact) mass is 379 g/mol. The highest BCUT2D eigenvalue weighted by Crippen LogP contribution is 2.24. The number of rotatable bonds is 4. The Morgan fingerprint density at radius 3 is 2.41 bits per heavy atom. The number of hydrogen-bond acceptors (Lipinski definition) is 6. The van der Waals surface area contributed by atoms with Crippen LogP contribution in [0.15, 0.2) is 18.2 Å². The molecule has 148 valence electrons. The normalized spacial score (nSPS) is 15.2. The summed E-state index contributed by atoms with van der Waals surface area (Å²) in [7, 11) is 1.43. The zero-order valence-corrected chi connectivity index (χ0v) is 16.0. The lowest BCUT2D eigenvalue weighted by molar-refractivity contribution is -0.385. The molecule has 1 aliphatic rings. The number of benzene rings is 1. The standard InChI is InChI=1S/C18H25N3O6/c1-18(2,3)27-17(23)20-9-7-12(8-10-20)19-16(22)14-11-13(26-4)5-6-15(14)21(24)25/h5-6,11-12H,7-10H2,1-4H3,(H,19,22). The molecule has 0 aromatic heterocycles. The van der Waals surface area contributed by atoms with Crippen molar-refractivity contribution in [2.45, 2.75) is 45.3 Å². The summed E-state index contributed by atoms with van der Waals surface area (Å²) in [4.78, 5) is 36.8. The van der Waals surface area contributed by atoms with Crippen molar-refractivity contribution in [2.24, 2.45) is 0 Å². The van der Waals surface area contributed by atoms with E-state index in [4.69, 9.17) is 9.47 Å². The van der Waals surface area contributed by atoms with E-state index >= 15 is 0 Å². The molecule has 1 aromatic carbocycles. The summed E-state index contributed by atoms with van der Waals surface area (Å²) in [6.07, 6.45) is 0.710. The molecular weight excluding hydrogens is 354 g/mol. The number of carbonyl (C=O) groups is 2. The highest BCUT2D eigenvalue weighted by Gasteiger charge is 2.29. The minimum absolute atomic E-state index is 0.0473. The van der Waals surface area contributed by atoms with E-state index < -0.39 is 16.4 Å². The minimum Gasteiger partial charge on any atom is -0.497 e. The maximum Gasteiger partial charge on any atom is 0.410 e. The number of carbonyl (C=O) groups excluding carboxylic acids is 2. The van der Waals surface area contributed by atoms with Gasteiger partial charge in [-0.1, -0.05) is 0 Å². The first-order chi connectivity index (χ1) is 12.6. The van der Waals surface area contributed by atoms with Gasteiger partial charge in [-0.3, -0.25) is 14.9 Å². The van der Waals surface area contributed by atoms with Gasteiger partial charge in [0.2, 0.25) is 0 Å². The Morgan fingerprint density at radius 1 is 1.26 bits per heavy atom. The summed E-state index contributed by atoms with van der Waals surface area (Å²) < 4.78 is 10.4. The molecule has 2 rings (SSSR count). The number of amides is 2. The van der Waals surface area contributed by atoms with E-state index in [2.05, 4.69) is 5.32 Å². The highest BCUT2D eigenvalue weighted by atomic mass is 16.6. The van der Waals surface area contributed by atoms with Crippen LogP contribution in [-0.4, -0.2) is 53.7 Å². The maximum absolute atomic E-state index is 12.5. The predicted molar refractivity (Wildman–Crippen MR) is 97.9 cm³/mol. The van der Waals surface area contributed by atoms with E-state index in [1.54, 1.807) is 25.7 Å². The van der Waals surface area contributed by atoms with Crippen molar-refractivity contribution in [3.63, 3.8) is 0 Å². The van der Waals surface area contributed by atoms with Crippen LogP contribution in [0.4, 0.5) is 10.5 Å². The molecule has 0 radical (unpaired) electrons. The first-order valence-corrected chi connectivity index (χ1v) is 8.72. The first-order valence-electron chi connectivity index (χ1n) is 8.72. The van der Waals surface area contributed by atoms with Gasteiger partial charge in [-0.15, -0.1) is 0 Å². The molecule has 1 heterocycles. The van der Waals surface area contributed by atoms with Crippen LogP contribution >= 0.6 is 0 Å². The van der Waals surface area contributed by atoms with Gasteiger partial charge in [-0.25, -0.2) is 4.79 Å². The largest absolute Gasteiger partial charge is 0.497 e. The van der Waals surface area contributed by atoms with E-state index in [0.29, 0.717) is 31.7 Å². The van der Waals surface area contributed by atoms with E-state index in [-0.39, 0.29) is 23.4 Å². The van der Waals surface area contributed by atoms with Crippen LogP contribution in [0, 0.1) is 10.1 Å². The molecule has 1 aromatic rings. The van der Waals surface area contributed by atoms with Crippen molar-refractivity contribution in [1.29, 1.82) is 0 Å². The van der Waals surface area contributed by atoms with Crippen LogP contribution in [0.5, 0.6) is 5.75 Å². The van der Waals surface area contributed by atoms with Crippen molar-refractivity contribution in [3.8, 4) is 5.75 Å². The number of nitro groups is 1. The van der Waals surface area contributed by atoms with Gasteiger partial charge in [0.15, 0.2) is 0 Å². The SMILES string of the molecule is COc1ccc([N+](=O)[O-])c(C(=O)NC2CCN(C(=O)OC(C)(C)C)CC2)c1. The molecule has 0 unspecified atom stereocenters. The lowest BCUT2D eigenvalue weighted by atomic mass is 10.0. The third-order valence-electron chi connectivity index (χ3n) is 4.13.